The number of benzene rings is 1. The van der Waals surface area contributed by atoms with E-state index in [1.165, 1.54) is 0 Å². The van der Waals surface area contributed by atoms with Crippen molar-refractivity contribution >= 4 is 35.4 Å². The summed E-state index contributed by atoms with van der Waals surface area (Å²) in [5, 5.41) is 12.6. The number of nitrogen functional groups attached to an aromatic ring is 1. The minimum absolute atomic E-state index is 0.00621. The van der Waals surface area contributed by atoms with Crippen LogP contribution in [0, 0.1) is 5.41 Å². The number of carbonyl (C=O) groups excluding carboxylic acids is 4. The number of hydrogen-bond donors (Lipinski definition) is 4. The van der Waals surface area contributed by atoms with Crippen molar-refractivity contribution in [2.75, 3.05) is 18.0 Å². The number of nitrogens with two attached hydrogens (primary N) is 1. The first-order chi connectivity index (χ1) is 13.3. The first-order valence-electron chi connectivity index (χ1n) is 8.79. The number of rotatable bonds is 7. The van der Waals surface area contributed by atoms with E-state index < -0.39 is 24.0 Å². The summed E-state index contributed by atoms with van der Waals surface area (Å²) >= 11 is 0. The Labute approximate surface area is 161 Å². The fraction of sp³-hybridized carbons (Fsp3) is 0.389. The molecule has 10 heteroatoms. The Morgan fingerprint density at radius 2 is 1.96 bits per heavy atom. The first kappa shape index (κ1) is 20.9. The SMILES string of the molecule is CC(=O)OC(=O)CCCNC(=O)N[C@H]1CCN(c2ccc(C(=N)N)cc2)C1=O. The predicted molar refractivity (Wildman–Crippen MR) is 101 cm³/mol. The van der Waals surface area contributed by atoms with Crippen molar-refractivity contribution < 1.29 is 23.9 Å². The largest absolute Gasteiger partial charge is 0.393 e. The van der Waals surface area contributed by atoms with Gasteiger partial charge in [-0.05, 0) is 37.1 Å². The number of nitrogens with zero attached hydrogens (tertiary/aromatic N) is 1. The molecule has 1 atom stereocenters. The predicted octanol–water partition coefficient (Wildman–Crippen LogP) is 0.245. The van der Waals surface area contributed by atoms with Crippen molar-refractivity contribution in [1.82, 2.24) is 10.6 Å². The second kappa shape index (κ2) is 9.49. The van der Waals surface area contributed by atoms with Gasteiger partial charge < -0.3 is 26.0 Å². The summed E-state index contributed by atoms with van der Waals surface area (Å²) < 4.78 is 4.38. The van der Waals surface area contributed by atoms with Crippen LogP contribution in [0.1, 0.15) is 31.7 Å². The zero-order valence-electron chi connectivity index (χ0n) is 15.5. The van der Waals surface area contributed by atoms with Crippen molar-refractivity contribution in [3.8, 4) is 0 Å². The Morgan fingerprint density at radius 3 is 2.57 bits per heavy atom. The second-order valence-corrected chi connectivity index (χ2v) is 6.26. The Kier molecular flexibility index (Phi) is 7.08. The molecule has 0 saturated carbocycles. The Bertz CT molecular complexity index is 777. The Morgan fingerprint density at radius 1 is 1.29 bits per heavy atom. The van der Waals surface area contributed by atoms with Gasteiger partial charge in [0, 0.05) is 37.7 Å². The van der Waals surface area contributed by atoms with Gasteiger partial charge in [0.2, 0.25) is 5.91 Å². The molecule has 0 radical (unpaired) electrons. The van der Waals surface area contributed by atoms with Crippen molar-refractivity contribution in [3.05, 3.63) is 29.8 Å². The number of esters is 2. The lowest BCUT2D eigenvalue weighted by Crippen LogP contribution is -2.46. The second-order valence-electron chi connectivity index (χ2n) is 6.26. The van der Waals surface area contributed by atoms with Crippen LogP contribution < -0.4 is 21.3 Å². The summed E-state index contributed by atoms with van der Waals surface area (Å²) in [5.74, 6) is -1.59. The zero-order chi connectivity index (χ0) is 20.7. The molecular weight excluding hydrogens is 366 g/mol. The maximum Gasteiger partial charge on any atom is 0.315 e. The van der Waals surface area contributed by atoms with Gasteiger partial charge in [0.15, 0.2) is 0 Å². The lowest BCUT2D eigenvalue weighted by molar-refractivity contribution is -0.158. The fourth-order valence-electron chi connectivity index (χ4n) is 2.75. The quantitative estimate of drug-likeness (QED) is 0.172. The molecule has 1 aromatic carbocycles. The van der Waals surface area contributed by atoms with E-state index in [9.17, 15) is 19.2 Å². The molecule has 0 unspecified atom stereocenters. The number of amidine groups is 1. The number of carbonyl (C=O) groups is 4. The summed E-state index contributed by atoms with van der Waals surface area (Å²) in [7, 11) is 0. The first-order valence-corrected chi connectivity index (χ1v) is 8.79. The third-order valence-electron chi connectivity index (χ3n) is 4.10. The van der Waals surface area contributed by atoms with Gasteiger partial charge in [-0.15, -0.1) is 0 Å². The number of hydrogen-bond acceptors (Lipinski definition) is 6. The summed E-state index contributed by atoms with van der Waals surface area (Å²) in [5.41, 5.74) is 6.65. The van der Waals surface area contributed by atoms with Crippen LogP contribution in [-0.2, 0) is 19.1 Å². The Hall–Kier alpha value is -3.43. The van der Waals surface area contributed by atoms with E-state index in [0.717, 1.165) is 6.92 Å². The molecule has 3 amide bonds. The molecule has 150 valence electrons. The molecule has 0 aromatic heterocycles. The van der Waals surface area contributed by atoms with Crippen LogP contribution in [-0.4, -0.2) is 48.8 Å². The molecule has 1 heterocycles. The maximum atomic E-state index is 12.5. The standard InChI is InChI=1S/C18H23N5O5/c1-11(24)28-15(25)3-2-9-21-18(27)22-14-8-10-23(17(14)26)13-6-4-12(5-7-13)16(19)20/h4-7,14H,2-3,8-10H2,1H3,(H3,19,20)(H2,21,22,27)/t14-/m0/s1. The molecule has 1 aromatic rings. The molecule has 5 N–H and O–H groups in total. The lowest BCUT2D eigenvalue weighted by atomic mass is 10.2. The minimum atomic E-state index is -0.670. The van der Waals surface area contributed by atoms with E-state index in [2.05, 4.69) is 15.4 Å². The maximum absolute atomic E-state index is 12.5. The lowest BCUT2D eigenvalue weighted by Gasteiger charge is -2.18. The molecule has 1 aliphatic rings. The van der Waals surface area contributed by atoms with Crippen molar-refractivity contribution in [2.45, 2.75) is 32.2 Å². The van der Waals surface area contributed by atoms with Crippen molar-refractivity contribution in [3.63, 3.8) is 0 Å². The van der Waals surface area contributed by atoms with Crippen LogP contribution in [0.2, 0.25) is 0 Å². The van der Waals surface area contributed by atoms with Gasteiger partial charge in [-0.3, -0.25) is 19.8 Å². The third-order valence-corrected chi connectivity index (χ3v) is 4.10. The van der Waals surface area contributed by atoms with Crippen LogP contribution in [0.25, 0.3) is 0 Å². The summed E-state index contributed by atoms with van der Waals surface area (Å²) in [4.78, 5) is 47.8. The molecule has 0 aliphatic carbocycles. The van der Waals surface area contributed by atoms with Crippen molar-refractivity contribution in [2.24, 2.45) is 5.73 Å². The van der Waals surface area contributed by atoms with E-state index in [0.29, 0.717) is 30.6 Å². The van der Waals surface area contributed by atoms with Crippen LogP contribution >= 0.6 is 0 Å². The van der Waals surface area contributed by atoms with E-state index >= 15 is 0 Å². The Balaban J connectivity index is 1.76. The van der Waals surface area contributed by atoms with Crippen LogP contribution in [0.5, 0.6) is 0 Å². The molecule has 10 nitrogen and oxygen atoms in total. The van der Waals surface area contributed by atoms with Crippen LogP contribution in [0.3, 0.4) is 0 Å². The number of urea groups is 1. The monoisotopic (exact) mass is 389 g/mol. The topological polar surface area (TPSA) is 155 Å². The number of nitrogens with one attached hydrogen (secondary N) is 3. The highest BCUT2D eigenvalue weighted by Gasteiger charge is 2.33. The molecule has 1 aliphatic heterocycles. The highest BCUT2D eigenvalue weighted by Crippen LogP contribution is 2.22. The van der Waals surface area contributed by atoms with E-state index in [4.69, 9.17) is 11.1 Å². The van der Waals surface area contributed by atoms with Crippen LogP contribution in [0.4, 0.5) is 10.5 Å². The van der Waals surface area contributed by atoms with Gasteiger partial charge in [0.1, 0.15) is 11.9 Å². The van der Waals surface area contributed by atoms with Gasteiger partial charge in [0.25, 0.3) is 0 Å². The third kappa shape index (κ3) is 5.79. The molecule has 2 rings (SSSR count). The molecule has 28 heavy (non-hydrogen) atoms. The van der Waals surface area contributed by atoms with Crippen LogP contribution in [0.15, 0.2) is 24.3 Å². The molecule has 1 saturated heterocycles. The molecule has 1 fully saturated rings. The van der Waals surface area contributed by atoms with E-state index in [-0.39, 0.29) is 24.7 Å². The van der Waals surface area contributed by atoms with Crippen molar-refractivity contribution in [1.29, 1.82) is 5.41 Å². The minimum Gasteiger partial charge on any atom is -0.393 e. The average molecular weight is 389 g/mol. The number of amides is 3. The highest BCUT2D eigenvalue weighted by atomic mass is 16.6. The molecular formula is C18H23N5O5. The van der Waals surface area contributed by atoms with Gasteiger partial charge in [-0.2, -0.15) is 0 Å². The zero-order valence-corrected chi connectivity index (χ0v) is 15.5. The molecule has 0 spiro atoms. The van der Waals surface area contributed by atoms with E-state index in [1.54, 1.807) is 29.2 Å². The average Bonchev–Trinajstić information content (AvgIpc) is 2.98. The normalized spacial score (nSPS) is 15.8. The number of ether oxygens (including phenoxy) is 1. The van der Waals surface area contributed by atoms with Gasteiger partial charge in [-0.1, -0.05) is 0 Å². The molecule has 0 bridgehead atoms. The summed E-state index contributed by atoms with van der Waals surface area (Å²) in [6.07, 6.45) is 0.782. The van der Waals surface area contributed by atoms with E-state index in [1.807, 2.05) is 0 Å². The van der Waals surface area contributed by atoms with Gasteiger partial charge in [-0.25, -0.2) is 4.79 Å². The summed E-state index contributed by atoms with van der Waals surface area (Å²) in [6.45, 7) is 1.80. The highest BCUT2D eigenvalue weighted by molar-refractivity contribution is 6.02. The number of anilines is 1. The summed E-state index contributed by atoms with van der Waals surface area (Å²) in [6, 6.07) is 5.58. The smallest absolute Gasteiger partial charge is 0.315 e. The van der Waals surface area contributed by atoms with Gasteiger partial charge >= 0.3 is 18.0 Å². The fourth-order valence-corrected chi connectivity index (χ4v) is 2.75. The van der Waals surface area contributed by atoms with Gasteiger partial charge in [0.05, 0.1) is 0 Å².